The van der Waals surface area contributed by atoms with Gasteiger partial charge in [-0.2, -0.15) is 0 Å². The van der Waals surface area contributed by atoms with Gasteiger partial charge < -0.3 is 18.9 Å². The lowest BCUT2D eigenvalue weighted by atomic mass is 9.98. The highest BCUT2D eigenvalue weighted by atomic mass is 16.7. The van der Waals surface area contributed by atoms with E-state index < -0.39 is 0 Å². The molecule has 1 heterocycles. The van der Waals surface area contributed by atoms with Crippen molar-refractivity contribution in [3.63, 3.8) is 0 Å². The van der Waals surface area contributed by atoms with Crippen LogP contribution in [0.5, 0.6) is 5.75 Å². The van der Waals surface area contributed by atoms with Crippen molar-refractivity contribution in [2.24, 2.45) is 0 Å². The minimum absolute atomic E-state index is 0.0888. The molecule has 1 aromatic carbocycles. The van der Waals surface area contributed by atoms with E-state index >= 15 is 0 Å². The zero-order valence-electron chi connectivity index (χ0n) is 14.5. The Bertz CT molecular complexity index is 554. The number of rotatable bonds is 6. The minimum atomic E-state index is -0.289. The summed E-state index contributed by atoms with van der Waals surface area (Å²) in [4.78, 5) is 11.9. The Morgan fingerprint density at radius 1 is 1.04 bits per heavy atom. The first-order valence-electron chi connectivity index (χ1n) is 9.14. The topological polar surface area (TPSA) is 54.0 Å². The highest BCUT2D eigenvalue weighted by molar-refractivity contribution is 5.87. The summed E-state index contributed by atoms with van der Waals surface area (Å²) in [5.74, 6) is 0.485. The number of hydrogen-bond acceptors (Lipinski definition) is 5. The lowest BCUT2D eigenvalue weighted by Crippen LogP contribution is -2.30. The average molecular weight is 346 g/mol. The number of hydrogen-bond donors (Lipinski definition) is 0. The van der Waals surface area contributed by atoms with Crippen LogP contribution in [-0.4, -0.2) is 38.2 Å². The third-order valence-electron chi connectivity index (χ3n) is 4.41. The summed E-state index contributed by atoms with van der Waals surface area (Å²) < 4.78 is 22.0. The lowest BCUT2D eigenvalue weighted by molar-refractivity contribution is -0.191. The predicted molar refractivity (Wildman–Crippen MR) is 94.2 cm³/mol. The Labute approximate surface area is 148 Å². The Balaban J connectivity index is 1.42. The van der Waals surface area contributed by atoms with Crippen LogP contribution in [0.4, 0.5) is 0 Å². The molecule has 0 spiro atoms. The van der Waals surface area contributed by atoms with Crippen LogP contribution in [0.1, 0.15) is 44.1 Å². The second kappa shape index (κ2) is 9.59. The standard InChI is InChI=1S/C20H26O5/c21-19(25-18-5-2-1-3-6-18)12-9-16-7-10-17(11-8-16)24-15-20-22-13-4-14-23-20/h7-12,18,20H,1-6,13-15H2. The van der Waals surface area contributed by atoms with E-state index in [-0.39, 0.29) is 18.4 Å². The third kappa shape index (κ3) is 6.18. The largest absolute Gasteiger partial charge is 0.488 e. The van der Waals surface area contributed by atoms with E-state index in [1.807, 2.05) is 24.3 Å². The van der Waals surface area contributed by atoms with E-state index in [1.165, 1.54) is 12.5 Å². The fourth-order valence-corrected chi connectivity index (χ4v) is 3.02. The zero-order chi connectivity index (χ0) is 17.3. The van der Waals surface area contributed by atoms with Gasteiger partial charge in [0.15, 0.2) is 6.29 Å². The van der Waals surface area contributed by atoms with Gasteiger partial charge >= 0.3 is 5.97 Å². The Kier molecular flexibility index (Phi) is 6.89. The second-order valence-electron chi connectivity index (χ2n) is 6.43. The highest BCUT2D eigenvalue weighted by Gasteiger charge is 2.16. The van der Waals surface area contributed by atoms with Gasteiger partial charge in [-0.15, -0.1) is 0 Å². The first-order chi connectivity index (χ1) is 12.3. The molecule has 3 rings (SSSR count). The van der Waals surface area contributed by atoms with E-state index in [1.54, 1.807) is 6.08 Å². The number of carbonyl (C=O) groups is 1. The van der Waals surface area contributed by atoms with E-state index in [2.05, 4.69) is 0 Å². The van der Waals surface area contributed by atoms with Gasteiger partial charge in [0.2, 0.25) is 0 Å². The Hall–Kier alpha value is -1.85. The summed E-state index contributed by atoms with van der Waals surface area (Å²) in [7, 11) is 0. The van der Waals surface area contributed by atoms with Gasteiger partial charge in [-0.3, -0.25) is 0 Å². The summed E-state index contributed by atoms with van der Waals surface area (Å²) in [6.07, 6.45) is 9.52. The smallest absolute Gasteiger partial charge is 0.331 e. The molecule has 5 nitrogen and oxygen atoms in total. The molecule has 2 fully saturated rings. The predicted octanol–water partition coefficient (Wildman–Crippen LogP) is 3.72. The first kappa shape index (κ1) is 18.0. The molecule has 0 amide bonds. The number of ether oxygens (including phenoxy) is 4. The normalized spacial score (nSPS) is 19.8. The average Bonchev–Trinajstić information content (AvgIpc) is 2.67. The molecular weight excluding hydrogens is 320 g/mol. The van der Waals surface area contributed by atoms with Crippen LogP contribution in [-0.2, 0) is 19.0 Å². The van der Waals surface area contributed by atoms with E-state index in [0.29, 0.717) is 19.8 Å². The van der Waals surface area contributed by atoms with Gasteiger partial charge in [-0.25, -0.2) is 4.79 Å². The Morgan fingerprint density at radius 3 is 2.48 bits per heavy atom. The SMILES string of the molecule is O=C(C=Cc1ccc(OCC2OCCCO2)cc1)OC1CCCCC1. The minimum Gasteiger partial charge on any atom is -0.488 e. The van der Waals surface area contributed by atoms with Crippen LogP contribution < -0.4 is 4.74 Å². The van der Waals surface area contributed by atoms with Crippen LogP contribution in [0.15, 0.2) is 30.3 Å². The molecule has 0 aromatic heterocycles. The molecule has 1 aliphatic carbocycles. The van der Waals surface area contributed by atoms with Gasteiger partial charge in [0.1, 0.15) is 18.5 Å². The first-order valence-corrected chi connectivity index (χ1v) is 9.14. The van der Waals surface area contributed by atoms with Crippen molar-refractivity contribution in [1.29, 1.82) is 0 Å². The van der Waals surface area contributed by atoms with Crippen molar-refractivity contribution in [1.82, 2.24) is 0 Å². The molecule has 136 valence electrons. The molecule has 1 saturated carbocycles. The molecule has 0 bridgehead atoms. The van der Waals surface area contributed by atoms with Crippen molar-refractivity contribution < 1.29 is 23.7 Å². The maximum atomic E-state index is 11.9. The second-order valence-corrected chi connectivity index (χ2v) is 6.43. The third-order valence-corrected chi connectivity index (χ3v) is 4.41. The quantitative estimate of drug-likeness (QED) is 0.580. The monoisotopic (exact) mass is 346 g/mol. The van der Waals surface area contributed by atoms with Gasteiger partial charge in [0.25, 0.3) is 0 Å². The molecule has 25 heavy (non-hydrogen) atoms. The highest BCUT2D eigenvalue weighted by Crippen LogP contribution is 2.20. The van der Waals surface area contributed by atoms with Gasteiger partial charge in [0, 0.05) is 6.08 Å². The van der Waals surface area contributed by atoms with Crippen molar-refractivity contribution >= 4 is 12.0 Å². The Morgan fingerprint density at radius 2 is 1.76 bits per heavy atom. The summed E-state index contributed by atoms with van der Waals surface area (Å²) >= 11 is 0. The molecule has 0 atom stereocenters. The molecule has 5 heteroatoms. The summed E-state index contributed by atoms with van der Waals surface area (Å²) in [6, 6.07) is 7.55. The summed E-state index contributed by atoms with van der Waals surface area (Å²) in [5.41, 5.74) is 0.929. The maximum absolute atomic E-state index is 11.9. The molecule has 0 radical (unpaired) electrons. The van der Waals surface area contributed by atoms with E-state index in [4.69, 9.17) is 18.9 Å². The van der Waals surface area contributed by atoms with Crippen LogP contribution in [0.3, 0.4) is 0 Å². The molecule has 2 aliphatic rings. The van der Waals surface area contributed by atoms with E-state index in [9.17, 15) is 4.79 Å². The molecule has 0 N–H and O–H groups in total. The van der Waals surface area contributed by atoms with E-state index in [0.717, 1.165) is 43.4 Å². The number of benzene rings is 1. The maximum Gasteiger partial charge on any atom is 0.331 e. The van der Waals surface area contributed by atoms with Crippen LogP contribution in [0.2, 0.25) is 0 Å². The van der Waals surface area contributed by atoms with Gasteiger partial charge in [-0.1, -0.05) is 18.6 Å². The van der Waals surface area contributed by atoms with Crippen molar-refractivity contribution in [3.8, 4) is 5.75 Å². The van der Waals surface area contributed by atoms with Crippen molar-refractivity contribution in [2.75, 3.05) is 19.8 Å². The summed E-state index contributed by atoms with van der Waals surface area (Å²) in [5, 5.41) is 0. The molecule has 1 saturated heterocycles. The number of carbonyl (C=O) groups excluding carboxylic acids is 1. The number of esters is 1. The molecular formula is C20H26O5. The lowest BCUT2D eigenvalue weighted by Gasteiger charge is -2.23. The van der Waals surface area contributed by atoms with Crippen molar-refractivity contribution in [3.05, 3.63) is 35.9 Å². The summed E-state index contributed by atoms with van der Waals surface area (Å²) in [6.45, 7) is 1.81. The van der Waals surface area contributed by atoms with Crippen molar-refractivity contribution in [2.45, 2.75) is 50.9 Å². The zero-order valence-corrected chi connectivity index (χ0v) is 14.5. The van der Waals surface area contributed by atoms with Crippen LogP contribution in [0, 0.1) is 0 Å². The fraction of sp³-hybridized carbons (Fsp3) is 0.550. The van der Waals surface area contributed by atoms with Crippen LogP contribution in [0.25, 0.3) is 6.08 Å². The molecule has 0 unspecified atom stereocenters. The van der Waals surface area contributed by atoms with Gasteiger partial charge in [-0.05, 0) is 55.9 Å². The molecule has 1 aromatic rings. The molecule has 1 aliphatic heterocycles. The van der Waals surface area contributed by atoms with Crippen LogP contribution >= 0.6 is 0 Å². The fourth-order valence-electron chi connectivity index (χ4n) is 3.02. The van der Waals surface area contributed by atoms with Gasteiger partial charge in [0.05, 0.1) is 13.2 Å².